The van der Waals surface area contributed by atoms with Crippen LogP contribution in [0.3, 0.4) is 0 Å². The van der Waals surface area contributed by atoms with Crippen LogP contribution in [0.2, 0.25) is 0 Å². The minimum Gasteiger partial charge on any atom is -0.396 e. The number of aromatic nitrogens is 2. The van der Waals surface area contributed by atoms with Crippen LogP contribution in [0.1, 0.15) is 13.3 Å². The lowest BCUT2D eigenvalue weighted by atomic mass is 10.1. The Hall–Kier alpha value is -1.61. The van der Waals surface area contributed by atoms with Crippen LogP contribution in [0.5, 0.6) is 0 Å². The molecular formula is C9H16N4O4S. The summed E-state index contributed by atoms with van der Waals surface area (Å²) in [4.78, 5) is 11.5. The molecule has 4 N–H and O–H groups in total. The van der Waals surface area contributed by atoms with Crippen molar-refractivity contribution in [2.45, 2.75) is 24.6 Å². The largest absolute Gasteiger partial charge is 0.396 e. The van der Waals surface area contributed by atoms with Gasteiger partial charge in [-0.2, -0.15) is 5.10 Å². The van der Waals surface area contributed by atoms with Crippen LogP contribution in [-0.2, 0) is 21.2 Å². The van der Waals surface area contributed by atoms with E-state index < -0.39 is 20.5 Å². The summed E-state index contributed by atoms with van der Waals surface area (Å²) >= 11 is 0. The minimum absolute atomic E-state index is 0.0284. The van der Waals surface area contributed by atoms with Crippen LogP contribution in [0, 0.1) is 0 Å². The first-order valence-electron chi connectivity index (χ1n) is 5.13. The Morgan fingerprint density at radius 3 is 2.67 bits per heavy atom. The molecule has 102 valence electrons. The predicted molar refractivity (Wildman–Crippen MR) is 64.4 cm³/mol. The number of nitrogens with zero attached hydrogens (tertiary/aromatic N) is 2. The summed E-state index contributed by atoms with van der Waals surface area (Å²) in [7, 11) is -3.68. The molecule has 18 heavy (non-hydrogen) atoms. The Kier molecular flexibility index (Phi) is 3.97. The fourth-order valence-corrected chi connectivity index (χ4v) is 2.26. The Morgan fingerprint density at radius 2 is 2.28 bits per heavy atom. The first kappa shape index (κ1) is 14.5. The highest BCUT2D eigenvalue weighted by molar-refractivity contribution is 7.92. The van der Waals surface area contributed by atoms with Gasteiger partial charge >= 0.3 is 0 Å². The van der Waals surface area contributed by atoms with E-state index in [0.717, 1.165) is 6.26 Å². The third-order valence-electron chi connectivity index (χ3n) is 2.87. The van der Waals surface area contributed by atoms with Gasteiger partial charge in [-0.25, -0.2) is 13.9 Å². The van der Waals surface area contributed by atoms with Crippen molar-refractivity contribution in [2.75, 3.05) is 12.0 Å². The maximum absolute atomic E-state index is 11.7. The number of aryl methyl sites for hydroxylation is 1. The van der Waals surface area contributed by atoms with Crippen molar-refractivity contribution in [1.82, 2.24) is 15.3 Å². The summed E-state index contributed by atoms with van der Waals surface area (Å²) in [6.45, 7) is 1.44. The number of carbonyl (C=O) groups excluding carboxylic acids is 1. The fourth-order valence-electron chi connectivity index (χ4n) is 1.42. The van der Waals surface area contributed by atoms with E-state index in [1.807, 2.05) is 0 Å². The Morgan fingerprint density at radius 1 is 1.67 bits per heavy atom. The summed E-state index contributed by atoms with van der Waals surface area (Å²) < 4.78 is 23.0. The Bertz CT molecular complexity index is 539. The van der Waals surface area contributed by atoms with E-state index >= 15 is 0 Å². The van der Waals surface area contributed by atoms with E-state index in [1.54, 1.807) is 0 Å². The Balaban J connectivity index is 2.91. The number of hydrogen-bond donors (Lipinski definition) is 3. The van der Waals surface area contributed by atoms with E-state index in [1.165, 1.54) is 29.5 Å². The van der Waals surface area contributed by atoms with E-state index in [9.17, 15) is 13.2 Å². The number of amides is 1. The quantitative estimate of drug-likeness (QED) is 0.475. The van der Waals surface area contributed by atoms with E-state index in [-0.39, 0.29) is 13.0 Å². The molecule has 1 amide bonds. The number of rotatable bonds is 5. The molecule has 0 aliphatic carbocycles. The molecule has 1 heterocycles. The number of nitrogens with one attached hydrogen (secondary N) is 1. The molecule has 1 aromatic heterocycles. The maximum atomic E-state index is 11.7. The predicted octanol–water partition coefficient (Wildman–Crippen LogP) is -0.836. The summed E-state index contributed by atoms with van der Waals surface area (Å²) in [6.07, 6.45) is 3.86. The smallest absolute Gasteiger partial charge is 0.264 e. The third kappa shape index (κ3) is 2.79. The van der Waals surface area contributed by atoms with Crippen LogP contribution in [0.4, 0.5) is 5.69 Å². The maximum Gasteiger partial charge on any atom is 0.264 e. The van der Waals surface area contributed by atoms with Gasteiger partial charge in [0.2, 0.25) is 0 Å². The molecule has 1 aromatic rings. The number of nitrogen functional groups attached to an aromatic ring is 1. The molecule has 0 radical (unpaired) electrons. The zero-order chi connectivity index (χ0) is 14.0. The molecule has 0 aliphatic heterocycles. The molecule has 1 rings (SSSR count). The second-order valence-electron chi connectivity index (χ2n) is 4.23. The molecule has 0 saturated heterocycles. The number of anilines is 1. The van der Waals surface area contributed by atoms with Crippen molar-refractivity contribution in [2.24, 2.45) is 0 Å². The average Bonchev–Trinajstić information content (AvgIpc) is 2.69. The zero-order valence-electron chi connectivity index (χ0n) is 10.1. The second-order valence-corrected chi connectivity index (χ2v) is 6.68. The monoisotopic (exact) mass is 276 g/mol. The van der Waals surface area contributed by atoms with Gasteiger partial charge in [-0.3, -0.25) is 14.7 Å². The Labute approximate surface area is 105 Å². The topological polar surface area (TPSA) is 127 Å². The van der Waals surface area contributed by atoms with E-state index in [4.69, 9.17) is 10.9 Å². The summed E-state index contributed by atoms with van der Waals surface area (Å²) in [5, 5.41) is 12.5. The first-order chi connectivity index (χ1) is 8.20. The van der Waals surface area contributed by atoms with Gasteiger partial charge in [0.1, 0.15) is 0 Å². The van der Waals surface area contributed by atoms with Gasteiger partial charge in [-0.1, -0.05) is 0 Å². The SMILES string of the molecule is C[C@@](CCn1cc(N)cn1)(C(=O)NO)S(C)(=O)=O. The van der Waals surface area contributed by atoms with Gasteiger partial charge in [-0.05, 0) is 13.3 Å². The highest BCUT2D eigenvalue weighted by atomic mass is 32.2. The third-order valence-corrected chi connectivity index (χ3v) is 4.90. The van der Waals surface area contributed by atoms with Crippen LogP contribution in [-0.4, -0.2) is 40.3 Å². The normalized spacial score (nSPS) is 15.1. The molecular weight excluding hydrogens is 260 g/mol. The lowest BCUT2D eigenvalue weighted by molar-refractivity contribution is -0.131. The van der Waals surface area contributed by atoms with Crippen LogP contribution >= 0.6 is 0 Å². The van der Waals surface area contributed by atoms with Crippen molar-refractivity contribution >= 4 is 21.4 Å². The average molecular weight is 276 g/mol. The van der Waals surface area contributed by atoms with E-state index in [0.29, 0.717) is 5.69 Å². The lowest BCUT2D eigenvalue weighted by Gasteiger charge is -2.24. The highest BCUT2D eigenvalue weighted by Crippen LogP contribution is 2.22. The fraction of sp³-hybridized carbons (Fsp3) is 0.556. The molecule has 0 spiro atoms. The first-order valence-corrected chi connectivity index (χ1v) is 7.02. The second kappa shape index (κ2) is 4.94. The number of nitrogens with two attached hydrogens (primary N) is 1. The minimum atomic E-state index is -3.68. The van der Waals surface area contributed by atoms with Crippen molar-refractivity contribution < 1.29 is 18.4 Å². The lowest BCUT2D eigenvalue weighted by Crippen LogP contribution is -2.49. The summed E-state index contributed by atoms with van der Waals surface area (Å²) in [6, 6.07) is 0. The van der Waals surface area contributed by atoms with Gasteiger partial charge in [-0.15, -0.1) is 0 Å². The highest BCUT2D eigenvalue weighted by Gasteiger charge is 2.43. The molecule has 8 nitrogen and oxygen atoms in total. The van der Waals surface area contributed by atoms with Crippen LogP contribution in [0.15, 0.2) is 12.4 Å². The van der Waals surface area contributed by atoms with Gasteiger partial charge in [0, 0.05) is 19.0 Å². The number of carbonyl (C=O) groups is 1. The standard InChI is InChI=1S/C9H16N4O4S/c1-9(8(14)12-15,18(2,16)17)3-4-13-6-7(10)5-11-13/h5-6,15H,3-4,10H2,1-2H3,(H,12,14)/t9-/m1/s1. The number of sulfone groups is 1. The van der Waals surface area contributed by atoms with Crippen molar-refractivity contribution in [1.29, 1.82) is 0 Å². The zero-order valence-corrected chi connectivity index (χ0v) is 10.9. The molecule has 9 heteroatoms. The molecule has 0 aromatic carbocycles. The van der Waals surface area contributed by atoms with Gasteiger partial charge in [0.05, 0.1) is 11.9 Å². The van der Waals surface area contributed by atoms with Crippen molar-refractivity contribution in [3.05, 3.63) is 12.4 Å². The summed E-state index contributed by atoms with van der Waals surface area (Å²) in [5.41, 5.74) is 7.30. The molecule has 0 fully saturated rings. The summed E-state index contributed by atoms with van der Waals surface area (Å²) in [5.74, 6) is -0.967. The molecule has 0 unspecified atom stereocenters. The van der Waals surface area contributed by atoms with Gasteiger partial charge < -0.3 is 5.73 Å². The molecule has 0 saturated carbocycles. The number of hydrogen-bond acceptors (Lipinski definition) is 6. The van der Waals surface area contributed by atoms with E-state index in [2.05, 4.69) is 5.10 Å². The van der Waals surface area contributed by atoms with Crippen molar-refractivity contribution in [3.8, 4) is 0 Å². The van der Waals surface area contributed by atoms with Crippen molar-refractivity contribution in [3.63, 3.8) is 0 Å². The van der Waals surface area contributed by atoms with Gasteiger partial charge in [0.25, 0.3) is 5.91 Å². The molecule has 0 bridgehead atoms. The number of hydroxylamine groups is 1. The molecule has 0 aliphatic rings. The van der Waals surface area contributed by atoms with Crippen LogP contribution < -0.4 is 11.2 Å². The molecule has 1 atom stereocenters. The van der Waals surface area contributed by atoms with Gasteiger partial charge in [0.15, 0.2) is 14.6 Å². The van der Waals surface area contributed by atoms with Crippen LogP contribution in [0.25, 0.3) is 0 Å².